The standard InChI is InChI=1S/C41H25N2O.C14H16GeN.Ir/c1-3-12-27(13-4-1)30-23-24-36(35(26-30)28-14-5-2-6-15-28)43-37-25-22-29-16-7-8-17-31(29)39(37)42-41(43)34-20-11-19-33-32-18-9-10-21-38(32)44-40(33)34;1-15(2,3)13-9-10-14(16-11-13)12-7-5-4-6-8-12;/h1-19,21-26H;4-7,9-11H,1-3H3;/q2*-1;. The van der Waals surface area contributed by atoms with Crippen LogP contribution in [0.4, 0.5) is 0 Å². The number of imidazole rings is 1. The predicted molar refractivity (Wildman–Crippen MR) is 252 cm³/mol. The fourth-order valence-electron chi connectivity index (χ4n) is 8.02. The minimum absolute atomic E-state index is 0. The van der Waals surface area contributed by atoms with Gasteiger partial charge >= 0.3 is 99.8 Å². The molecule has 0 amide bonds. The van der Waals surface area contributed by atoms with Crippen molar-refractivity contribution in [3.8, 4) is 50.6 Å². The third kappa shape index (κ3) is 7.77. The Morgan fingerprint density at radius 3 is 2.03 bits per heavy atom. The molecule has 0 bridgehead atoms. The van der Waals surface area contributed by atoms with Crippen molar-refractivity contribution in [2.75, 3.05) is 0 Å². The van der Waals surface area contributed by atoms with E-state index in [1.807, 2.05) is 48.7 Å². The topological polar surface area (TPSA) is 43.9 Å². The van der Waals surface area contributed by atoms with Crippen LogP contribution in [0.2, 0.25) is 17.3 Å². The molecule has 297 valence electrons. The van der Waals surface area contributed by atoms with Crippen molar-refractivity contribution in [3.63, 3.8) is 0 Å². The van der Waals surface area contributed by atoms with Gasteiger partial charge in [-0.25, -0.2) is 0 Å². The van der Waals surface area contributed by atoms with Crippen molar-refractivity contribution in [2.24, 2.45) is 0 Å². The number of benzene rings is 8. The molecule has 0 unspecified atom stereocenters. The number of nitrogens with zero attached hydrogens (tertiary/aromatic N) is 3. The van der Waals surface area contributed by atoms with Gasteiger partial charge in [-0.3, -0.25) is 4.98 Å². The summed E-state index contributed by atoms with van der Waals surface area (Å²) in [5.41, 5.74) is 12.2. The average molecular weight is 1020 g/mol. The van der Waals surface area contributed by atoms with Gasteiger partial charge in [0.05, 0.1) is 22.4 Å². The van der Waals surface area contributed by atoms with Crippen LogP contribution in [0.1, 0.15) is 0 Å². The maximum Gasteiger partial charge on any atom is 0.120 e. The van der Waals surface area contributed by atoms with E-state index in [0.717, 1.165) is 88.8 Å². The van der Waals surface area contributed by atoms with E-state index < -0.39 is 13.3 Å². The molecule has 0 spiro atoms. The smallest absolute Gasteiger partial charge is 0.120 e. The first-order chi connectivity index (χ1) is 29.4. The maximum atomic E-state index is 6.52. The summed E-state index contributed by atoms with van der Waals surface area (Å²) in [7, 11) is 0. The fourth-order valence-corrected chi connectivity index (χ4v) is 10.2. The summed E-state index contributed by atoms with van der Waals surface area (Å²) in [5, 5.41) is 4.41. The summed E-state index contributed by atoms with van der Waals surface area (Å²) in [4.78, 5) is 9.93. The molecule has 0 saturated carbocycles. The van der Waals surface area contributed by atoms with Crippen LogP contribution < -0.4 is 4.40 Å². The van der Waals surface area contributed by atoms with Gasteiger partial charge in [0, 0.05) is 42.1 Å². The zero-order chi connectivity index (χ0) is 40.6. The van der Waals surface area contributed by atoms with E-state index in [0.29, 0.717) is 0 Å². The van der Waals surface area contributed by atoms with Gasteiger partial charge in [0.15, 0.2) is 0 Å². The van der Waals surface area contributed by atoms with Crippen molar-refractivity contribution in [1.29, 1.82) is 0 Å². The van der Waals surface area contributed by atoms with Gasteiger partial charge in [-0.2, -0.15) is 0 Å². The molecule has 0 N–H and O–H groups in total. The first-order valence-corrected chi connectivity index (χ1v) is 27.7. The van der Waals surface area contributed by atoms with Crippen LogP contribution in [0.25, 0.3) is 94.3 Å². The Labute approximate surface area is 372 Å². The molecule has 0 saturated heterocycles. The minimum atomic E-state index is -1.72. The van der Waals surface area contributed by atoms with Crippen LogP contribution in [0.15, 0.2) is 199 Å². The number of rotatable bonds is 6. The predicted octanol–water partition coefficient (Wildman–Crippen LogP) is 14.0. The first-order valence-electron chi connectivity index (χ1n) is 20.3. The number of hydrogen-bond acceptors (Lipinski definition) is 3. The second kappa shape index (κ2) is 16.9. The fraction of sp³-hybridized carbons (Fsp3) is 0.0545. The van der Waals surface area contributed by atoms with Gasteiger partial charge in [0.2, 0.25) is 0 Å². The van der Waals surface area contributed by atoms with E-state index in [-0.39, 0.29) is 20.1 Å². The molecule has 0 aliphatic rings. The summed E-state index contributed by atoms with van der Waals surface area (Å²) in [6.45, 7) is 0. The van der Waals surface area contributed by atoms with Crippen molar-refractivity contribution in [3.05, 3.63) is 206 Å². The molecule has 1 radical (unpaired) electrons. The summed E-state index contributed by atoms with van der Waals surface area (Å²) >= 11 is -1.72. The molecule has 0 fully saturated rings. The summed E-state index contributed by atoms with van der Waals surface area (Å²) in [5.74, 6) is 7.94. The molecule has 8 aromatic carbocycles. The van der Waals surface area contributed by atoms with E-state index in [9.17, 15) is 0 Å². The molecule has 0 atom stereocenters. The number of pyridine rings is 1. The molecular weight excluding hydrogens is 983 g/mol. The monoisotopic (exact) mass is 1030 g/mol. The largest absolute Gasteiger partial charge is 0.501 e. The second-order valence-corrected chi connectivity index (χ2v) is 26.7. The van der Waals surface area contributed by atoms with Crippen molar-refractivity contribution >= 4 is 61.4 Å². The van der Waals surface area contributed by atoms with Crippen molar-refractivity contribution in [1.82, 2.24) is 14.5 Å². The van der Waals surface area contributed by atoms with Gasteiger partial charge in [-0.1, -0.05) is 126 Å². The number of aromatic nitrogens is 3. The number of furan rings is 1. The van der Waals surface area contributed by atoms with Gasteiger partial charge in [0.1, 0.15) is 5.58 Å². The van der Waals surface area contributed by atoms with Crippen LogP contribution in [0.3, 0.4) is 0 Å². The zero-order valence-electron chi connectivity index (χ0n) is 34.1. The van der Waals surface area contributed by atoms with Gasteiger partial charge in [0.25, 0.3) is 0 Å². The molecule has 11 rings (SSSR count). The van der Waals surface area contributed by atoms with Crippen LogP contribution in [0.5, 0.6) is 0 Å². The van der Waals surface area contributed by atoms with Crippen LogP contribution >= 0.6 is 0 Å². The van der Waals surface area contributed by atoms with Gasteiger partial charge < -0.3 is 8.98 Å². The maximum absolute atomic E-state index is 6.52. The molecule has 4 nitrogen and oxygen atoms in total. The van der Waals surface area contributed by atoms with E-state index in [1.54, 1.807) is 0 Å². The Bertz CT molecular complexity index is 3280. The first kappa shape index (κ1) is 40.1. The second-order valence-electron chi connectivity index (χ2n) is 16.0. The third-order valence-electron chi connectivity index (χ3n) is 11.2. The summed E-state index contributed by atoms with van der Waals surface area (Å²) in [6.07, 6.45) is 2.04. The number of hydrogen-bond donors (Lipinski definition) is 0. The molecular formula is C55H41GeIrN3O-2. The average Bonchev–Trinajstić information content (AvgIpc) is 3.89. The molecule has 0 aliphatic heterocycles. The molecule has 3 aromatic heterocycles. The van der Waals surface area contributed by atoms with Crippen molar-refractivity contribution in [2.45, 2.75) is 17.3 Å². The SMILES string of the molecule is [CH3][Ge]([CH3])([CH3])[c]1ccc(-c2[c-]cccc2)nc1.[Ir].[c-]1ccc2c(oc3ccccc32)c1-c1nc2c3ccccc3ccc2n1-c1ccc(-c2ccccc2)cc1-c1ccccc1. The molecule has 0 aliphatic carbocycles. The quantitative estimate of drug-likeness (QED) is 0.123. The Morgan fingerprint density at radius 2 is 1.30 bits per heavy atom. The van der Waals surface area contributed by atoms with Gasteiger partial charge in [-0.15, -0.1) is 18.2 Å². The van der Waals surface area contributed by atoms with Crippen LogP contribution in [-0.2, 0) is 20.1 Å². The number of para-hydroxylation sites is 1. The Balaban J connectivity index is 0.000000237. The normalized spacial score (nSPS) is 11.4. The Hall–Kier alpha value is -6.37. The Kier molecular flexibility index (Phi) is 11.1. The third-order valence-corrected chi connectivity index (χ3v) is 15.4. The van der Waals surface area contributed by atoms with E-state index in [2.05, 4.69) is 185 Å². The van der Waals surface area contributed by atoms with Crippen LogP contribution in [0, 0.1) is 12.1 Å². The van der Waals surface area contributed by atoms with Crippen LogP contribution in [-0.4, -0.2) is 27.8 Å². The molecule has 6 heteroatoms. The molecule has 3 heterocycles. The van der Waals surface area contributed by atoms with E-state index in [1.165, 1.54) is 9.96 Å². The molecule has 11 aromatic rings. The Morgan fingerprint density at radius 1 is 0.574 bits per heavy atom. The zero-order valence-corrected chi connectivity index (χ0v) is 38.6. The summed E-state index contributed by atoms with van der Waals surface area (Å²) in [6, 6.07) is 72.0. The minimum Gasteiger partial charge on any atom is -0.501 e. The van der Waals surface area contributed by atoms with E-state index in [4.69, 9.17) is 9.40 Å². The molecule has 61 heavy (non-hydrogen) atoms. The van der Waals surface area contributed by atoms with Crippen molar-refractivity contribution < 1.29 is 24.5 Å². The van der Waals surface area contributed by atoms with E-state index >= 15 is 0 Å². The summed E-state index contributed by atoms with van der Waals surface area (Å²) < 4.78 is 10.3. The van der Waals surface area contributed by atoms with Gasteiger partial charge in [-0.05, 0) is 46.3 Å². The number of fused-ring (bicyclic) bond motifs is 6.